The lowest BCUT2D eigenvalue weighted by molar-refractivity contribution is -0.0858. The molecule has 1 aliphatic rings. The summed E-state index contributed by atoms with van der Waals surface area (Å²) in [5.74, 6) is 1.08. The lowest BCUT2D eigenvalue weighted by Gasteiger charge is -2.33. The van der Waals surface area contributed by atoms with Crippen LogP contribution in [0.25, 0.3) is 0 Å². The fraction of sp³-hybridized carbons (Fsp3) is 0.600. The Bertz CT molecular complexity index is 432. The maximum atomic E-state index is 10.9. The van der Waals surface area contributed by atoms with Gasteiger partial charge < -0.3 is 19.7 Å². The van der Waals surface area contributed by atoms with Crippen molar-refractivity contribution >= 4 is 0 Å². The number of aliphatic hydroxyl groups is 2. The van der Waals surface area contributed by atoms with Crippen molar-refractivity contribution in [2.75, 3.05) is 14.2 Å². The van der Waals surface area contributed by atoms with Crippen LogP contribution < -0.4 is 9.47 Å². The second kappa shape index (κ2) is 5.80. The Hall–Kier alpha value is -1.26. The SMILES string of the molecule is COc1cccc([C@@]2(O)CCCCC[C@@H]2O)c1OC. The Kier molecular flexibility index (Phi) is 4.32. The Labute approximate surface area is 114 Å². The Morgan fingerprint density at radius 1 is 1.16 bits per heavy atom. The van der Waals surface area contributed by atoms with Gasteiger partial charge in [0, 0.05) is 5.56 Å². The van der Waals surface area contributed by atoms with Crippen molar-refractivity contribution in [3.63, 3.8) is 0 Å². The molecule has 0 radical (unpaired) electrons. The molecule has 0 spiro atoms. The minimum atomic E-state index is -1.25. The molecular formula is C15H22O4. The summed E-state index contributed by atoms with van der Waals surface area (Å²) < 4.78 is 10.6. The predicted molar refractivity (Wildman–Crippen MR) is 72.5 cm³/mol. The Balaban J connectivity index is 2.49. The number of rotatable bonds is 3. The normalized spacial score (nSPS) is 27.7. The van der Waals surface area contributed by atoms with Crippen LogP contribution in [0.2, 0.25) is 0 Å². The van der Waals surface area contributed by atoms with E-state index in [9.17, 15) is 10.2 Å². The molecule has 1 fully saturated rings. The third-order valence-corrected chi connectivity index (χ3v) is 3.96. The summed E-state index contributed by atoms with van der Waals surface area (Å²) in [7, 11) is 3.11. The smallest absolute Gasteiger partial charge is 0.166 e. The van der Waals surface area contributed by atoms with Crippen LogP contribution in [0.3, 0.4) is 0 Å². The van der Waals surface area contributed by atoms with Crippen LogP contribution in [0.4, 0.5) is 0 Å². The molecule has 2 atom stereocenters. The summed E-state index contributed by atoms with van der Waals surface area (Å²) in [5, 5.41) is 21.2. The van der Waals surface area contributed by atoms with E-state index in [1.807, 2.05) is 6.07 Å². The zero-order valence-electron chi connectivity index (χ0n) is 11.6. The molecule has 0 aromatic heterocycles. The molecule has 1 saturated carbocycles. The minimum Gasteiger partial charge on any atom is -0.493 e. The molecule has 2 rings (SSSR count). The zero-order chi connectivity index (χ0) is 13.9. The highest BCUT2D eigenvalue weighted by Gasteiger charge is 2.41. The van der Waals surface area contributed by atoms with E-state index in [-0.39, 0.29) is 0 Å². The molecule has 0 saturated heterocycles. The van der Waals surface area contributed by atoms with Crippen LogP contribution in [-0.2, 0) is 5.60 Å². The summed E-state index contributed by atoms with van der Waals surface area (Å²) in [6, 6.07) is 5.40. The van der Waals surface area contributed by atoms with Gasteiger partial charge in [-0.05, 0) is 18.9 Å². The average Bonchev–Trinajstić information content (AvgIpc) is 2.61. The molecule has 0 bridgehead atoms. The molecule has 1 aromatic carbocycles. The van der Waals surface area contributed by atoms with Gasteiger partial charge in [0.15, 0.2) is 11.5 Å². The van der Waals surface area contributed by atoms with Crippen molar-refractivity contribution in [1.82, 2.24) is 0 Å². The molecule has 1 aliphatic carbocycles. The molecule has 4 nitrogen and oxygen atoms in total. The van der Waals surface area contributed by atoms with Crippen molar-refractivity contribution < 1.29 is 19.7 Å². The lowest BCUT2D eigenvalue weighted by Crippen LogP contribution is -2.39. The highest BCUT2D eigenvalue weighted by molar-refractivity contribution is 5.49. The minimum absolute atomic E-state index is 0.508. The van der Waals surface area contributed by atoms with E-state index in [4.69, 9.17) is 9.47 Å². The van der Waals surface area contributed by atoms with E-state index in [1.165, 1.54) is 0 Å². The van der Waals surface area contributed by atoms with Gasteiger partial charge in [0.25, 0.3) is 0 Å². The number of hydrogen-bond donors (Lipinski definition) is 2. The zero-order valence-corrected chi connectivity index (χ0v) is 11.6. The lowest BCUT2D eigenvalue weighted by atomic mass is 9.83. The van der Waals surface area contributed by atoms with Gasteiger partial charge >= 0.3 is 0 Å². The molecule has 0 aliphatic heterocycles. The number of para-hydroxylation sites is 1. The fourth-order valence-electron chi connectivity index (χ4n) is 2.86. The Morgan fingerprint density at radius 3 is 2.63 bits per heavy atom. The molecule has 0 unspecified atom stereocenters. The number of benzene rings is 1. The second-order valence-corrected chi connectivity index (χ2v) is 5.08. The average molecular weight is 266 g/mol. The molecule has 0 heterocycles. The van der Waals surface area contributed by atoms with Gasteiger partial charge in [0.1, 0.15) is 5.60 Å². The van der Waals surface area contributed by atoms with Crippen molar-refractivity contribution in [2.24, 2.45) is 0 Å². The van der Waals surface area contributed by atoms with Crippen LogP contribution in [0, 0.1) is 0 Å². The van der Waals surface area contributed by atoms with E-state index in [1.54, 1.807) is 26.4 Å². The second-order valence-electron chi connectivity index (χ2n) is 5.08. The van der Waals surface area contributed by atoms with Crippen LogP contribution in [-0.4, -0.2) is 30.5 Å². The Morgan fingerprint density at radius 2 is 1.95 bits per heavy atom. The summed E-state index contributed by atoms with van der Waals surface area (Å²) in [6.07, 6.45) is 3.25. The molecule has 1 aromatic rings. The summed E-state index contributed by atoms with van der Waals surface area (Å²) in [4.78, 5) is 0. The van der Waals surface area contributed by atoms with E-state index in [2.05, 4.69) is 0 Å². The third-order valence-electron chi connectivity index (χ3n) is 3.96. The standard InChI is InChI=1S/C15H22O4/c1-18-12-8-6-7-11(14(12)19-2)15(17)10-5-3-4-9-13(15)16/h6-8,13,16-17H,3-5,9-10H2,1-2H3/t13-,15-/m0/s1. The topological polar surface area (TPSA) is 58.9 Å². The van der Waals surface area contributed by atoms with Crippen molar-refractivity contribution in [3.8, 4) is 11.5 Å². The van der Waals surface area contributed by atoms with Crippen molar-refractivity contribution in [2.45, 2.75) is 43.8 Å². The summed E-state index contributed by atoms with van der Waals surface area (Å²) >= 11 is 0. The third kappa shape index (κ3) is 2.55. The van der Waals surface area contributed by atoms with Gasteiger partial charge in [-0.1, -0.05) is 31.4 Å². The number of aliphatic hydroxyl groups excluding tert-OH is 1. The van der Waals surface area contributed by atoms with Gasteiger partial charge in [-0.25, -0.2) is 0 Å². The highest BCUT2D eigenvalue weighted by Crippen LogP contribution is 2.43. The van der Waals surface area contributed by atoms with Crippen LogP contribution in [0.1, 0.15) is 37.7 Å². The molecule has 4 heteroatoms. The number of methoxy groups -OCH3 is 2. The summed E-state index contributed by atoms with van der Waals surface area (Å²) in [6.45, 7) is 0. The van der Waals surface area contributed by atoms with Gasteiger partial charge in [0.05, 0.1) is 20.3 Å². The van der Waals surface area contributed by atoms with Crippen LogP contribution >= 0.6 is 0 Å². The van der Waals surface area contributed by atoms with Crippen molar-refractivity contribution in [3.05, 3.63) is 23.8 Å². The largest absolute Gasteiger partial charge is 0.493 e. The van der Waals surface area contributed by atoms with Gasteiger partial charge in [-0.15, -0.1) is 0 Å². The van der Waals surface area contributed by atoms with Gasteiger partial charge in [0.2, 0.25) is 0 Å². The van der Waals surface area contributed by atoms with Crippen LogP contribution in [0.15, 0.2) is 18.2 Å². The van der Waals surface area contributed by atoms with Gasteiger partial charge in [-0.3, -0.25) is 0 Å². The number of hydrogen-bond acceptors (Lipinski definition) is 4. The molecular weight excluding hydrogens is 244 g/mol. The first-order valence-electron chi connectivity index (χ1n) is 6.75. The van der Waals surface area contributed by atoms with E-state index in [0.717, 1.165) is 19.3 Å². The molecule has 19 heavy (non-hydrogen) atoms. The van der Waals surface area contributed by atoms with E-state index >= 15 is 0 Å². The molecule has 106 valence electrons. The van der Waals surface area contributed by atoms with E-state index in [0.29, 0.717) is 29.9 Å². The predicted octanol–water partition coefficient (Wildman–Crippen LogP) is 2.22. The monoisotopic (exact) mass is 266 g/mol. The van der Waals surface area contributed by atoms with Crippen molar-refractivity contribution in [1.29, 1.82) is 0 Å². The van der Waals surface area contributed by atoms with Gasteiger partial charge in [-0.2, -0.15) is 0 Å². The fourth-order valence-corrected chi connectivity index (χ4v) is 2.86. The summed E-state index contributed by atoms with van der Waals surface area (Å²) in [5.41, 5.74) is -0.639. The van der Waals surface area contributed by atoms with E-state index < -0.39 is 11.7 Å². The highest BCUT2D eigenvalue weighted by atomic mass is 16.5. The quantitative estimate of drug-likeness (QED) is 0.824. The first kappa shape index (κ1) is 14.2. The van der Waals surface area contributed by atoms with Crippen LogP contribution in [0.5, 0.6) is 11.5 Å². The first-order chi connectivity index (χ1) is 9.13. The first-order valence-corrected chi connectivity index (χ1v) is 6.75. The molecule has 0 amide bonds. The number of ether oxygens (including phenoxy) is 2. The molecule has 2 N–H and O–H groups in total. The maximum absolute atomic E-state index is 10.9. The maximum Gasteiger partial charge on any atom is 0.166 e.